The normalized spacial score (nSPS) is 11.3. The fraction of sp³-hybridized carbons (Fsp3) is 0.556. The lowest BCUT2D eigenvalue weighted by Gasteiger charge is -2.06. The van der Waals surface area contributed by atoms with Crippen LogP contribution < -0.4 is 5.32 Å². The molecule has 1 aromatic carbocycles. The molecular formula is C18H27NO2. The lowest BCUT2D eigenvalue weighted by molar-refractivity contribution is 0.116. The highest BCUT2D eigenvalue weighted by Gasteiger charge is 2.13. The third-order valence-electron chi connectivity index (χ3n) is 3.63. The van der Waals surface area contributed by atoms with Gasteiger partial charge in [-0.3, -0.25) is 0 Å². The SMILES string of the molecule is CCCCCOCc1c(CNCCC)oc2ccccc12. The van der Waals surface area contributed by atoms with Crippen LogP contribution in [0.1, 0.15) is 50.9 Å². The molecule has 2 aromatic rings. The summed E-state index contributed by atoms with van der Waals surface area (Å²) in [6.45, 7) is 7.63. The van der Waals surface area contributed by atoms with Gasteiger partial charge in [-0.15, -0.1) is 0 Å². The predicted molar refractivity (Wildman–Crippen MR) is 87.4 cm³/mol. The molecule has 116 valence electrons. The predicted octanol–water partition coefficient (Wildman–Crippen LogP) is 4.64. The zero-order chi connectivity index (χ0) is 14.9. The van der Waals surface area contributed by atoms with Crippen molar-refractivity contribution >= 4 is 11.0 Å². The van der Waals surface area contributed by atoms with Crippen LogP contribution in [0.25, 0.3) is 11.0 Å². The quantitative estimate of drug-likeness (QED) is 0.647. The Morgan fingerprint density at radius 1 is 1.10 bits per heavy atom. The molecule has 0 aliphatic rings. The molecule has 0 fully saturated rings. The Hall–Kier alpha value is -1.32. The van der Waals surface area contributed by atoms with Gasteiger partial charge in [0, 0.05) is 17.6 Å². The molecule has 0 saturated carbocycles. The number of para-hydroxylation sites is 1. The minimum Gasteiger partial charge on any atom is -0.459 e. The van der Waals surface area contributed by atoms with Crippen LogP contribution in [0, 0.1) is 0 Å². The summed E-state index contributed by atoms with van der Waals surface area (Å²) < 4.78 is 11.8. The van der Waals surface area contributed by atoms with Crippen LogP contribution in [0.3, 0.4) is 0 Å². The van der Waals surface area contributed by atoms with E-state index in [-0.39, 0.29) is 0 Å². The van der Waals surface area contributed by atoms with Crippen LogP contribution in [0.2, 0.25) is 0 Å². The van der Waals surface area contributed by atoms with Crippen LogP contribution >= 0.6 is 0 Å². The summed E-state index contributed by atoms with van der Waals surface area (Å²) in [6, 6.07) is 8.22. The number of ether oxygens (including phenoxy) is 1. The monoisotopic (exact) mass is 289 g/mol. The van der Waals surface area contributed by atoms with E-state index in [0.29, 0.717) is 6.61 Å². The lowest BCUT2D eigenvalue weighted by Crippen LogP contribution is -2.14. The zero-order valence-corrected chi connectivity index (χ0v) is 13.3. The van der Waals surface area contributed by atoms with E-state index in [4.69, 9.17) is 9.15 Å². The van der Waals surface area contributed by atoms with Gasteiger partial charge in [0.25, 0.3) is 0 Å². The Morgan fingerprint density at radius 2 is 1.95 bits per heavy atom. The van der Waals surface area contributed by atoms with Crippen molar-refractivity contribution < 1.29 is 9.15 Å². The van der Waals surface area contributed by atoms with Gasteiger partial charge in [0.1, 0.15) is 11.3 Å². The molecule has 0 radical (unpaired) electrons. The van der Waals surface area contributed by atoms with Gasteiger partial charge in [-0.05, 0) is 25.5 Å². The largest absolute Gasteiger partial charge is 0.459 e. The van der Waals surface area contributed by atoms with Crippen LogP contribution in [-0.2, 0) is 17.9 Å². The number of benzene rings is 1. The lowest BCUT2D eigenvalue weighted by atomic mass is 10.1. The molecular weight excluding hydrogens is 262 g/mol. The number of furan rings is 1. The summed E-state index contributed by atoms with van der Waals surface area (Å²) in [4.78, 5) is 0. The maximum absolute atomic E-state index is 5.98. The Labute approximate surface area is 127 Å². The Bertz CT molecular complexity index is 533. The fourth-order valence-electron chi connectivity index (χ4n) is 2.46. The molecule has 3 nitrogen and oxygen atoms in total. The van der Waals surface area contributed by atoms with E-state index in [1.165, 1.54) is 23.8 Å². The first-order valence-corrected chi connectivity index (χ1v) is 8.14. The van der Waals surface area contributed by atoms with E-state index in [1.54, 1.807) is 0 Å². The third kappa shape index (κ3) is 4.58. The number of rotatable bonds is 10. The molecule has 0 saturated heterocycles. The Kier molecular flexibility index (Phi) is 6.77. The van der Waals surface area contributed by atoms with Crippen molar-refractivity contribution in [3.05, 3.63) is 35.6 Å². The van der Waals surface area contributed by atoms with E-state index < -0.39 is 0 Å². The van der Waals surface area contributed by atoms with E-state index in [1.807, 2.05) is 12.1 Å². The summed E-state index contributed by atoms with van der Waals surface area (Å²) in [7, 11) is 0. The number of hydrogen-bond donors (Lipinski definition) is 1. The van der Waals surface area contributed by atoms with Crippen LogP contribution in [-0.4, -0.2) is 13.2 Å². The standard InChI is InChI=1S/C18H27NO2/c1-3-5-8-12-20-14-16-15-9-6-7-10-17(15)21-18(16)13-19-11-4-2/h6-7,9-10,19H,3-5,8,11-14H2,1-2H3. The number of fused-ring (bicyclic) bond motifs is 1. The summed E-state index contributed by atoms with van der Waals surface area (Å²) in [5.41, 5.74) is 2.16. The second-order valence-corrected chi connectivity index (χ2v) is 5.44. The van der Waals surface area contributed by atoms with Gasteiger partial charge in [0.05, 0.1) is 13.2 Å². The van der Waals surface area contributed by atoms with Crippen LogP contribution in [0.5, 0.6) is 0 Å². The molecule has 0 spiro atoms. The maximum Gasteiger partial charge on any atom is 0.134 e. The van der Waals surface area contributed by atoms with Crippen molar-refractivity contribution in [2.45, 2.75) is 52.7 Å². The Balaban J connectivity index is 2.04. The van der Waals surface area contributed by atoms with Gasteiger partial charge in [-0.25, -0.2) is 0 Å². The van der Waals surface area contributed by atoms with Gasteiger partial charge in [-0.1, -0.05) is 44.9 Å². The minimum absolute atomic E-state index is 0.643. The van der Waals surface area contributed by atoms with E-state index >= 15 is 0 Å². The molecule has 0 amide bonds. The highest BCUT2D eigenvalue weighted by Crippen LogP contribution is 2.26. The minimum atomic E-state index is 0.643. The molecule has 1 aromatic heterocycles. The first-order chi connectivity index (χ1) is 10.4. The summed E-state index contributed by atoms with van der Waals surface area (Å²) in [6.07, 6.45) is 4.72. The molecule has 0 bridgehead atoms. The average molecular weight is 289 g/mol. The number of hydrogen-bond acceptors (Lipinski definition) is 3. The second kappa shape index (κ2) is 8.85. The van der Waals surface area contributed by atoms with Crippen LogP contribution in [0.15, 0.2) is 28.7 Å². The second-order valence-electron chi connectivity index (χ2n) is 5.44. The molecule has 21 heavy (non-hydrogen) atoms. The zero-order valence-electron chi connectivity index (χ0n) is 13.3. The summed E-state index contributed by atoms with van der Waals surface area (Å²) in [5, 5.41) is 4.60. The van der Waals surface area contributed by atoms with Gasteiger partial charge in [0.15, 0.2) is 0 Å². The molecule has 1 N–H and O–H groups in total. The third-order valence-corrected chi connectivity index (χ3v) is 3.63. The van der Waals surface area contributed by atoms with E-state index in [0.717, 1.165) is 43.9 Å². The van der Waals surface area contributed by atoms with Crippen LogP contribution in [0.4, 0.5) is 0 Å². The fourth-order valence-corrected chi connectivity index (χ4v) is 2.46. The molecule has 0 atom stereocenters. The molecule has 0 aliphatic carbocycles. The van der Waals surface area contributed by atoms with Crippen molar-refractivity contribution in [2.24, 2.45) is 0 Å². The number of nitrogens with one attached hydrogen (secondary N) is 1. The van der Waals surface area contributed by atoms with E-state index in [9.17, 15) is 0 Å². The molecule has 0 aliphatic heterocycles. The summed E-state index contributed by atoms with van der Waals surface area (Å²) in [5.74, 6) is 1.01. The molecule has 0 unspecified atom stereocenters. The van der Waals surface area contributed by atoms with Crippen molar-refractivity contribution in [1.29, 1.82) is 0 Å². The maximum atomic E-state index is 5.98. The molecule has 1 heterocycles. The summed E-state index contributed by atoms with van der Waals surface area (Å²) >= 11 is 0. The van der Waals surface area contributed by atoms with Gasteiger partial charge in [0.2, 0.25) is 0 Å². The highest BCUT2D eigenvalue weighted by atomic mass is 16.5. The van der Waals surface area contributed by atoms with Gasteiger partial charge >= 0.3 is 0 Å². The first kappa shape index (κ1) is 16.1. The van der Waals surface area contributed by atoms with E-state index in [2.05, 4.69) is 31.3 Å². The van der Waals surface area contributed by atoms with Crippen molar-refractivity contribution in [3.8, 4) is 0 Å². The van der Waals surface area contributed by atoms with Crippen molar-refractivity contribution in [2.75, 3.05) is 13.2 Å². The van der Waals surface area contributed by atoms with Gasteiger partial charge < -0.3 is 14.5 Å². The molecule has 2 rings (SSSR count). The smallest absolute Gasteiger partial charge is 0.134 e. The topological polar surface area (TPSA) is 34.4 Å². The van der Waals surface area contributed by atoms with Crippen molar-refractivity contribution in [3.63, 3.8) is 0 Å². The average Bonchev–Trinajstić information content (AvgIpc) is 2.85. The molecule has 3 heteroatoms. The van der Waals surface area contributed by atoms with Crippen molar-refractivity contribution in [1.82, 2.24) is 5.32 Å². The Morgan fingerprint density at radius 3 is 2.76 bits per heavy atom. The number of unbranched alkanes of at least 4 members (excludes halogenated alkanes) is 2. The first-order valence-electron chi connectivity index (χ1n) is 8.14. The highest BCUT2D eigenvalue weighted by molar-refractivity contribution is 5.82. The van der Waals surface area contributed by atoms with Gasteiger partial charge in [-0.2, -0.15) is 0 Å².